The summed E-state index contributed by atoms with van der Waals surface area (Å²) in [6.07, 6.45) is 0. The minimum absolute atomic E-state index is 0. The molecule has 0 aliphatic rings. The first-order valence-electron chi connectivity index (χ1n) is 1.37. The average molecular weight is 234 g/mol. The first-order chi connectivity index (χ1) is 3.42. The number of carbonyl (C=O) groups is 1. The number of alkyl halides is 3. The van der Waals surface area contributed by atoms with E-state index in [4.69, 9.17) is 34.8 Å². The summed E-state index contributed by atoms with van der Waals surface area (Å²) in [4.78, 5) is 9.75. The van der Waals surface area contributed by atoms with Crippen LogP contribution in [0.5, 0.6) is 0 Å². The molecule has 2 nitrogen and oxygen atoms in total. The van der Waals surface area contributed by atoms with Gasteiger partial charge in [0, 0.05) is 11.6 Å². The Morgan fingerprint density at radius 3 is 1.67 bits per heavy atom. The smallest absolute Gasteiger partial charge is 0.402 e. The highest BCUT2D eigenvalue weighted by atomic mass is 35.6. The predicted molar refractivity (Wildman–Crippen MR) is 39.9 cm³/mol. The summed E-state index contributed by atoms with van der Waals surface area (Å²) < 4.78 is 1.82. The third-order valence-electron chi connectivity index (χ3n) is 0.196. The molecule has 0 spiro atoms. The van der Waals surface area contributed by atoms with Crippen molar-refractivity contribution in [3.63, 3.8) is 0 Å². The maximum absolute atomic E-state index is 9.75. The maximum atomic E-state index is 9.75. The van der Waals surface area contributed by atoms with Crippen molar-refractivity contribution < 1.29 is 9.53 Å². The molecule has 0 fully saturated rings. The minimum atomic E-state index is -2.04. The second-order valence-electron chi connectivity index (χ2n) is 0.785. The van der Waals surface area contributed by atoms with Crippen molar-refractivity contribution in [2.75, 3.05) is 0 Å². The van der Waals surface area contributed by atoms with Gasteiger partial charge in [0.15, 0.2) is 0 Å². The number of halogens is 5. The largest absolute Gasteiger partial charge is 0.407 e. The Morgan fingerprint density at radius 1 is 1.33 bits per heavy atom. The fourth-order valence-corrected chi connectivity index (χ4v) is 0.535. The molecule has 56 valence electrons. The van der Waals surface area contributed by atoms with Crippen LogP contribution in [0, 0.1) is 0 Å². The van der Waals surface area contributed by atoms with Crippen LogP contribution in [0.2, 0.25) is 0 Å². The fourth-order valence-electron chi connectivity index (χ4n) is 0.0910. The summed E-state index contributed by atoms with van der Waals surface area (Å²) in [7, 11) is 0. The van der Waals surface area contributed by atoms with Crippen LogP contribution in [-0.4, -0.2) is 9.41 Å². The Hall–Kier alpha value is 0.920. The van der Waals surface area contributed by atoms with E-state index in [0.717, 1.165) is 0 Å². The van der Waals surface area contributed by atoms with E-state index in [1.54, 1.807) is 0 Å². The van der Waals surface area contributed by atoms with Crippen LogP contribution in [0.15, 0.2) is 0 Å². The summed E-state index contributed by atoms with van der Waals surface area (Å²) in [6.45, 7) is 0. The molecule has 0 aromatic rings. The zero-order valence-corrected chi connectivity index (χ0v) is 7.58. The first kappa shape index (κ1) is 12.6. The molecule has 0 heterocycles. The molecular weight excluding hydrogens is 233 g/mol. The molecule has 0 saturated carbocycles. The van der Waals surface area contributed by atoms with E-state index in [9.17, 15) is 4.79 Å². The molecule has 0 N–H and O–H groups in total. The van der Waals surface area contributed by atoms with E-state index in [2.05, 4.69) is 16.3 Å². The van der Waals surface area contributed by atoms with Crippen molar-refractivity contribution >= 4 is 64.2 Å². The van der Waals surface area contributed by atoms with Crippen molar-refractivity contribution in [3.8, 4) is 0 Å². The second kappa shape index (κ2) is 4.69. The monoisotopic (exact) mass is 232 g/mol. The lowest BCUT2D eigenvalue weighted by Crippen LogP contribution is -2.09. The SMILES string of the molecule is Cl.O=C(Cl)OC(Cl)(Cl)Cl. The summed E-state index contributed by atoms with van der Waals surface area (Å²) in [5.41, 5.74) is -1.15. The minimum Gasteiger partial charge on any atom is -0.402 e. The molecule has 7 heteroatoms. The van der Waals surface area contributed by atoms with Gasteiger partial charge in [0.05, 0.1) is 0 Å². The van der Waals surface area contributed by atoms with Crippen LogP contribution in [0.1, 0.15) is 0 Å². The lowest BCUT2D eigenvalue weighted by atomic mass is 11.4. The fraction of sp³-hybridized carbons (Fsp3) is 0.500. The molecule has 0 bridgehead atoms. The van der Waals surface area contributed by atoms with Crippen molar-refractivity contribution in [3.05, 3.63) is 0 Å². The van der Waals surface area contributed by atoms with Crippen molar-refractivity contribution in [1.82, 2.24) is 0 Å². The Balaban J connectivity index is 0. The van der Waals surface area contributed by atoms with Crippen molar-refractivity contribution in [1.29, 1.82) is 0 Å². The summed E-state index contributed by atoms with van der Waals surface area (Å²) in [5.74, 6) is 0. The molecule has 0 aliphatic heterocycles. The number of hydrogen-bond acceptors (Lipinski definition) is 2. The van der Waals surface area contributed by atoms with Gasteiger partial charge < -0.3 is 4.74 Å². The van der Waals surface area contributed by atoms with Crippen LogP contribution in [-0.2, 0) is 4.74 Å². The maximum Gasteiger partial charge on any atom is 0.407 e. The Labute approximate surface area is 77.7 Å². The third kappa shape index (κ3) is 12.2. The van der Waals surface area contributed by atoms with Gasteiger partial charge >= 0.3 is 9.41 Å². The number of ether oxygens (including phenoxy) is 1. The zero-order valence-electron chi connectivity index (χ0n) is 3.74. The standard InChI is InChI=1S/C2Cl4O2.ClH/c3-1(7)8-2(4,5)6;/h;1H. The van der Waals surface area contributed by atoms with Gasteiger partial charge in [-0.2, -0.15) is 0 Å². The van der Waals surface area contributed by atoms with Gasteiger partial charge in [-0.1, -0.05) is 0 Å². The highest BCUT2D eigenvalue weighted by Gasteiger charge is 2.23. The highest BCUT2D eigenvalue weighted by molar-refractivity contribution is 6.69. The molecule has 0 aromatic heterocycles. The molecule has 9 heavy (non-hydrogen) atoms. The van der Waals surface area contributed by atoms with Crippen molar-refractivity contribution in [2.24, 2.45) is 0 Å². The van der Waals surface area contributed by atoms with Crippen LogP contribution in [0.4, 0.5) is 4.79 Å². The van der Waals surface area contributed by atoms with Gasteiger partial charge in [0.2, 0.25) is 0 Å². The van der Waals surface area contributed by atoms with Gasteiger partial charge in [-0.25, -0.2) is 4.79 Å². The predicted octanol–water partition coefficient (Wildman–Crippen LogP) is 3.11. The van der Waals surface area contributed by atoms with Gasteiger partial charge in [-0.3, -0.25) is 0 Å². The third-order valence-corrected chi connectivity index (χ3v) is 0.505. The topological polar surface area (TPSA) is 26.3 Å². The van der Waals surface area contributed by atoms with Crippen LogP contribution in [0.25, 0.3) is 0 Å². The molecule has 0 radical (unpaired) electrons. The second-order valence-corrected chi connectivity index (χ2v) is 3.27. The van der Waals surface area contributed by atoms with Gasteiger partial charge in [0.1, 0.15) is 0 Å². The lowest BCUT2D eigenvalue weighted by molar-refractivity contribution is 0.172. The highest BCUT2D eigenvalue weighted by Crippen LogP contribution is 2.27. The number of hydrogen-bond donors (Lipinski definition) is 0. The molecule has 0 aliphatic carbocycles. The zero-order chi connectivity index (χ0) is 6.78. The van der Waals surface area contributed by atoms with E-state index in [0.29, 0.717) is 0 Å². The molecule has 0 rings (SSSR count). The van der Waals surface area contributed by atoms with Crippen LogP contribution in [0.3, 0.4) is 0 Å². The summed E-state index contributed by atoms with van der Waals surface area (Å²) in [6, 6.07) is 0. The van der Waals surface area contributed by atoms with E-state index < -0.39 is 9.41 Å². The quantitative estimate of drug-likeness (QED) is 0.475. The van der Waals surface area contributed by atoms with Crippen LogP contribution < -0.4 is 0 Å². The molecular formula is C2HCl5O2. The Morgan fingerprint density at radius 2 is 1.67 bits per heavy atom. The normalized spacial score (nSPS) is 9.78. The first-order valence-corrected chi connectivity index (χ1v) is 2.88. The molecule has 0 saturated heterocycles. The molecule has 0 unspecified atom stereocenters. The van der Waals surface area contributed by atoms with E-state index in [1.165, 1.54) is 0 Å². The molecule has 0 atom stereocenters. The van der Waals surface area contributed by atoms with E-state index in [1.807, 2.05) is 0 Å². The lowest BCUT2D eigenvalue weighted by Gasteiger charge is -2.06. The Bertz CT molecular complexity index is 95.6. The van der Waals surface area contributed by atoms with E-state index in [-0.39, 0.29) is 12.4 Å². The molecule has 0 aromatic carbocycles. The van der Waals surface area contributed by atoms with Gasteiger partial charge in [0.25, 0.3) is 0 Å². The number of carbonyl (C=O) groups excluding carboxylic acids is 1. The Kier molecular flexibility index (Phi) is 6.56. The molecule has 0 amide bonds. The van der Waals surface area contributed by atoms with Crippen LogP contribution >= 0.6 is 58.8 Å². The van der Waals surface area contributed by atoms with Gasteiger partial charge in [-0.15, -0.1) is 12.4 Å². The summed E-state index contributed by atoms with van der Waals surface area (Å²) >= 11 is 19.4. The number of rotatable bonds is 0. The van der Waals surface area contributed by atoms with Crippen molar-refractivity contribution in [2.45, 2.75) is 3.98 Å². The van der Waals surface area contributed by atoms with Gasteiger partial charge in [-0.05, 0) is 34.8 Å². The summed E-state index contributed by atoms with van der Waals surface area (Å²) in [5, 5.41) is 0. The van der Waals surface area contributed by atoms with E-state index >= 15 is 0 Å². The average Bonchev–Trinajstić information content (AvgIpc) is 1.21.